The summed E-state index contributed by atoms with van der Waals surface area (Å²) in [5.74, 6) is -1.51. The second kappa shape index (κ2) is 6.17. The molecule has 0 radical (unpaired) electrons. The van der Waals surface area contributed by atoms with Crippen molar-refractivity contribution < 1.29 is 18.8 Å². The fourth-order valence-corrected chi connectivity index (χ4v) is 3.01. The van der Waals surface area contributed by atoms with Gasteiger partial charge in [-0.05, 0) is 25.1 Å². The van der Waals surface area contributed by atoms with Gasteiger partial charge in [-0.1, -0.05) is 0 Å². The van der Waals surface area contributed by atoms with E-state index in [2.05, 4.69) is 15.2 Å². The molecule has 2 N–H and O–H groups in total. The fourth-order valence-electron chi connectivity index (χ4n) is 3.01. The Bertz CT molecular complexity index is 1300. The highest BCUT2D eigenvalue weighted by atomic mass is 19.1. The van der Waals surface area contributed by atoms with E-state index in [1.807, 2.05) is 6.07 Å². The van der Waals surface area contributed by atoms with Gasteiger partial charge >= 0.3 is 5.88 Å². The maximum atomic E-state index is 14.5. The molecule has 0 aliphatic rings. The molecule has 3 aromatic heterocycles. The summed E-state index contributed by atoms with van der Waals surface area (Å²) in [5, 5.41) is 37.5. The quantitative estimate of drug-likeness (QED) is 0.407. The van der Waals surface area contributed by atoms with Crippen molar-refractivity contribution in [3.8, 4) is 34.4 Å². The Balaban J connectivity index is 2.11. The molecule has 138 valence electrons. The fraction of sp³-hybridized carbons (Fsp3) is 0.0556. The van der Waals surface area contributed by atoms with E-state index in [9.17, 15) is 24.9 Å². The predicted octanol–water partition coefficient (Wildman–Crippen LogP) is 3.82. The van der Waals surface area contributed by atoms with Gasteiger partial charge in [0.2, 0.25) is 0 Å². The molecule has 1 aromatic carbocycles. The number of aromatic amines is 1. The minimum Gasteiger partial charge on any atom is -0.508 e. The number of benzene rings is 1. The number of phenols is 1. The monoisotopic (exact) mass is 379 g/mol. The molecule has 0 aliphatic heterocycles. The van der Waals surface area contributed by atoms with E-state index >= 15 is 0 Å². The smallest absolute Gasteiger partial charge is 0.433 e. The zero-order valence-corrected chi connectivity index (χ0v) is 14.2. The molecule has 0 atom stereocenters. The van der Waals surface area contributed by atoms with Gasteiger partial charge in [-0.3, -0.25) is 15.2 Å². The standard InChI is InChI=1S/C18H10FN5O4/c1-8-15-16(13-4-5-14(28-13)24(26)27)11(7-20)17(21-18(15)23-22-8)10-3-2-9(25)6-12(10)19/h2-6,25H,1H3,(H,21,22,23). The van der Waals surface area contributed by atoms with E-state index in [1.165, 1.54) is 24.3 Å². The summed E-state index contributed by atoms with van der Waals surface area (Å²) in [5.41, 5.74) is 0.881. The third-order valence-electron chi connectivity index (χ3n) is 4.22. The number of aromatic hydroxyl groups is 1. The van der Waals surface area contributed by atoms with Gasteiger partial charge in [0.15, 0.2) is 5.65 Å². The molecule has 0 saturated carbocycles. The molecule has 0 amide bonds. The number of nitrogens with zero attached hydrogens (tertiary/aromatic N) is 4. The molecular formula is C18H10FN5O4. The van der Waals surface area contributed by atoms with Crippen LogP contribution in [0.25, 0.3) is 33.6 Å². The molecule has 9 nitrogen and oxygen atoms in total. The first-order chi connectivity index (χ1) is 13.4. The summed E-state index contributed by atoms with van der Waals surface area (Å²) in [6.45, 7) is 1.69. The first-order valence-corrected chi connectivity index (χ1v) is 7.93. The van der Waals surface area contributed by atoms with Gasteiger partial charge in [0.25, 0.3) is 0 Å². The first-order valence-electron chi connectivity index (χ1n) is 7.93. The topological polar surface area (TPSA) is 142 Å². The highest BCUT2D eigenvalue weighted by Gasteiger charge is 2.26. The van der Waals surface area contributed by atoms with Gasteiger partial charge in [-0.15, -0.1) is 0 Å². The van der Waals surface area contributed by atoms with Crippen molar-refractivity contribution in [3.63, 3.8) is 0 Å². The number of H-pyrrole nitrogens is 1. The number of rotatable bonds is 3. The SMILES string of the molecule is Cc1[nH]nc2nc(-c3ccc(O)cc3F)c(C#N)c(-c3ccc([N+](=O)[O-])o3)c12. The van der Waals surface area contributed by atoms with E-state index in [0.29, 0.717) is 11.1 Å². The molecule has 3 heterocycles. The molecule has 0 unspecified atom stereocenters. The van der Waals surface area contributed by atoms with Crippen molar-refractivity contribution in [2.24, 2.45) is 0 Å². The Labute approximate surface area is 155 Å². The lowest BCUT2D eigenvalue weighted by Crippen LogP contribution is -1.97. The Kier molecular flexibility index (Phi) is 3.78. The second-order valence-corrected chi connectivity index (χ2v) is 5.93. The molecule has 4 rings (SSSR count). The van der Waals surface area contributed by atoms with Crippen LogP contribution in [0.2, 0.25) is 0 Å². The number of aromatic nitrogens is 3. The van der Waals surface area contributed by atoms with E-state index in [1.54, 1.807) is 6.92 Å². The summed E-state index contributed by atoms with van der Waals surface area (Å²) in [7, 11) is 0. The van der Waals surface area contributed by atoms with Crippen LogP contribution in [0, 0.1) is 34.2 Å². The van der Waals surface area contributed by atoms with Crippen molar-refractivity contribution in [1.29, 1.82) is 5.26 Å². The van der Waals surface area contributed by atoms with Crippen LogP contribution in [0.3, 0.4) is 0 Å². The summed E-state index contributed by atoms with van der Waals surface area (Å²) in [6.07, 6.45) is 0. The van der Waals surface area contributed by atoms with Crippen molar-refractivity contribution in [3.05, 3.63) is 57.5 Å². The molecule has 0 saturated heterocycles. The van der Waals surface area contributed by atoms with Gasteiger partial charge < -0.3 is 9.52 Å². The van der Waals surface area contributed by atoms with Gasteiger partial charge in [0.05, 0.1) is 28.3 Å². The average Bonchev–Trinajstić information content (AvgIpc) is 3.28. The van der Waals surface area contributed by atoms with Crippen molar-refractivity contribution >= 4 is 16.9 Å². The van der Waals surface area contributed by atoms with E-state index < -0.39 is 16.6 Å². The number of furan rings is 1. The maximum Gasteiger partial charge on any atom is 0.433 e. The molecule has 0 fully saturated rings. The summed E-state index contributed by atoms with van der Waals surface area (Å²) in [6, 6.07) is 7.96. The number of fused-ring (bicyclic) bond motifs is 1. The number of aryl methyl sites for hydroxylation is 1. The molecule has 10 heteroatoms. The van der Waals surface area contributed by atoms with Crippen LogP contribution >= 0.6 is 0 Å². The van der Waals surface area contributed by atoms with Crippen LogP contribution in [-0.4, -0.2) is 25.2 Å². The van der Waals surface area contributed by atoms with E-state index in [0.717, 1.165) is 6.07 Å². The van der Waals surface area contributed by atoms with Crippen LogP contribution in [0.5, 0.6) is 5.75 Å². The van der Waals surface area contributed by atoms with Crippen LogP contribution in [0.15, 0.2) is 34.7 Å². The lowest BCUT2D eigenvalue weighted by atomic mass is 9.96. The van der Waals surface area contributed by atoms with Gasteiger partial charge in [-0.25, -0.2) is 9.37 Å². The maximum absolute atomic E-state index is 14.5. The van der Waals surface area contributed by atoms with E-state index in [4.69, 9.17) is 4.42 Å². The minimum absolute atomic E-state index is 0.0203. The van der Waals surface area contributed by atoms with Crippen molar-refractivity contribution in [1.82, 2.24) is 15.2 Å². The number of nitriles is 1. The summed E-state index contributed by atoms with van der Waals surface area (Å²) < 4.78 is 19.7. The lowest BCUT2D eigenvalue weighted by Gasteiger charge is -2.10. The Morgan fingerprint density at radius 3 is 2.79 bits per heavy atom. The number of pyridine rings is 1. The summed E-state index contributed by atoms with van der Waals surface area (Å²) in [4.78, 5) is 14.6. The minimum atomic E-state index is -0.785. The zero-order chi connectivity index (χ0) is 20.0. The average molecular weight is 379 g/mol. The molecule has 28 heavy (non-hydrogen) atoms. The molecule has 0 bridgehead atoms. The third kappa shape index (κ3) is 2.53. The molecule has 0 aliphatic carbocycles. The second-order valence-electron chi connectivity index (χ2n) is 5.93. The largest absolute Gasteiger partial charge is 0.508 e. The third-order valence-corrected chi connectivity index (χ3v) is 4.22. The Morgan fingerprint density at radius 1 is 1.36 bits per heavy atom. The Morgan fingerprint density at radius 2 is 2.14 bits per heavy atom. The number of hydrogen-bond donors (Lipinski definition) is 2. The van der Waals surface area contributed by atoms with Crippen molar-refractivity contribution in [2.45, 2.75) is 6.92 Å². The zero-order valence-electron chi connectivity index (χ0n) is 14.2. The number of halogens is 1. The number of hydrogen-bond acceptors (Lipinski definition) is 7. The predicted molar refractivity (Wildman–Crippen MR) is 94.8 cm³/mol. The normalized spacial score (nSPS) is 10.9. The van der Waals surface area contributed by atoms with Gasteiger partial charge in [0.1, 0.15) is 28.3 Å². The first kappa shape index (κ1) is 17.2. The molecule has 0 spiro atoms. The van der Waals surface area contributed by atoms with E-state index in [-0.39, 0.29) is 39.5 Å². The lowest BCUT2D eigenvalue weighted by molar-refractivity contribution is -0.401. The van der Waals surface area contributed by atoms with Crippen LogP contribution in [-0.2, 0) is 0 Å². The number of nitro groups is 1. The Hall–Kier alpha value is -4.26. The summed E-state index contributed by atoms with van der Waals surface area (Å²) >= 11 is 0. The van der Waals surface area contributed by atoms with Crippen molar-refractivity contribution in [2.75, 3.05) is 0 Å². The highest BCUT2D eigenvalue weighted by Crippen LogP contribution is 2.39. The highest BCUT2D eigenvalue weighted by molar-refractivity contribution is 5.99. The number of phenolic OH excluding ortho intramolecular Hbond substituents is 1. The van der Waals surface area contributed by atoms with Gasteiger partial charge in [0, 0.05) is 17.3 Å². The number of nitrogens with one attached hydrogen (secondary N) is 1. The molecular weight excluding hydrogens is 369 g/mol. The van der Waals surface area contributed by atoms with Crippen LogP contribution in [0.4, 0.5) is 10.3 Å². The van der Waals surface area contributed by atoms with Crippen LogP contribution in [0.1, 0.15) is 11.3 Å². The van der Waals surface area contributed by atoms with Crippen LogP contribution < -0.4 is 0 Å². The molecule has 4 aromatic rings. The van der Waals surface area contributed by atoms with Gasteiger partial charge in [-0.2, -0.15) is 10.4 Å².